The second kappa shape index (κ2) is 8.63. The van der Waals surface area contributed by atoms with Gasteiger partial charge in [-0.3, -0.25) is 4.79 Å². The molecule has 0 atom stereocenters. The molecular formula is C22H18ClN3O2S2. The Balaban J connectivity index is 1.86. The maximum absolute atomic E-state index is 11.3. The molecule has 0 radical (unpaired) electrons. The fourth-order valence-electron chi connectivity index (χ4n) is 2.91. The smallest absolute Gasteiger partial charge is 0.223 e. The predicted octanol–water partition coefficient (Wildman–Crippen LogP) is 6.44. The maximum Gasteiger partial charge on any atom is 0.223 e. The van der Waals surface area contributed by atoms with Gasteiger partial charge in [-0.2, -0.15) is 0 Å². The minimum absolute atomic E-state index is 0.161. The van der Waals surface area contributed by atoms with Crippen LogP contribution in [-0.4, -0.2) is 23.0 Å². The number of methoxy groups -OCH3 is 1. The number of nitrogens with one attached hydrogen (secondary N) is 1. The van der Waals surface area contributed by atoms with Crippen molar-refractivity contribution >= 4 is 56.6 Å². The van der Waals surface area contributed by atoms with Crippen molar-refractivity contribution in [1.82, 2.24) is 9.97 Å². The van der Waals surface area contributed by atoms with Crippen LogP contribution in [0.4, 0.5) is 5.13 Å². The summed E-state index contributed by atoms with van der Waals surface area (Å²) in [4.78, 5) is 23.4. The largest absolute Gasteiger partial charge is 0.495 e. The second-order valence-electron chi connectivity index (χ2n) is 6.61. The van der Waals surface area contributed by atoms with Crippen molar-refractivity contribution in [2.45, 2.75) is 23.6 Å². The molecule has 2 aromatic carbocycles. The SMILES string of the molecule is COc1ccc2c(Sc3ccc(C)cc3)cc(-c3cnc(NC(C)=O)s3)nc2c1Cl. The van der Waals surface area contributed by atoms with Gasteiger partial charge >= 0.3 is 0 Å². The summed E-state index contributed by atoms with van der Waals surface area (Å²) in [6, 6.07) is 14.2. The number of carbonyl (C=O) groups excluding carboxylic acids is 1. The highest BCUT2D eigenvalue weighted by atomic mass is 35.5. The van der Waals surface area contributed by atoms with E-state index in [-0.39, 0.29) is 5.91 Å². The fourth-order valence-corrected chi connectivity index (χ4v) is 4.99. The number of anilines is 1. The monoisotopic (exact) mass is 455 g/mol. The number of halogens is 1. The molecule has 2 heterocycles. The van der Waals surface area contributed by atoms with Gasteiger partial charge in [0.1, 0.15) is 10.8 Å². The van der Waals surface area contributed by atoms with E-state index in [0.717, 1.165) is 25.7 Å². The predicted molar refractivity (Wildman–Crippen MR) is 124 cm³/mol. The number of aromatic nitrogens is 2. The number of pyridine rings is 1. The first-order valence-corrected chi connectivity index (χ1v) is 11.1. The molecule has 1 N–H and O–H groups in total. The number of thiazole rings is 1. The Kier molecular flexibility index (Phi) is 5.94. The van der Waals surface area contributed by atoms with Crippen LogP contribution in [0.25, 0.3) is 21.5 Å². The minimum Gasteiger partial charge on any atom is -0.495 e. The number of hydrogen-bond donors (Lipinski definition) is 1. The van der Waals surface area contributed by atoms with Gasteiger partial charge in [-0.1, -0.05) is 52.4 Å². The average molecular weight is 456 g/mol. The molecule has 0 aliphatic rings. The third-order valence-corrected chi connectivity index (χ3v) is 6.72. The molecule has 0 spiro atoms. The van der Waals surface area contributed by atoms with Crippen molar-refractivity contribution in [1.29, 1.82) is 0 Å². The van der Waals surface area contributed by atoms with Crippen LogP contribution in [0.2, 0.25) is 5.02 Å². The van der Waals surface area contributed by atoms with E-state index in [1.54, 1.807) is 25.1 Å². The molecule has 0 fully saturated rings. The molecule has 152 valence electrons. The molecule has 0 aliphatic heterocycles. The van der Waals surface area contributed by atoms with Gasteiger partial charge in [-0.25, -0.2) is 9.97 Å². The number of fused-ring (bicyclic) bond motifs is 1. The number of carbonyl (C=O) groups is 1. The first-order valence-electron chi connectivity index (χ1n) is 9.10. The summed E-state index contributed by atoms with van der Waals surface area (Å²) < 4.78 is 5.38. The van der Waals surface area contributed by atoms with Crippen LogP contribution in [0.1, 0.15) is 12.5 Å². The van der Waals surface area contributed by atoms with Crippen molar-refractivity contribution in [2.75, 3.05) is 12.4 Å². The van der Waals surface area contributed by atoms with Gasteiger partial charge in [0.2, 0.25) is 5.91 Å². The number of benzene rings is 2. The summed E-state index contributed by atoms with van der Waals surface area (Å²) >= 11 is 9.62. The second-order valence-corrected chi connectivity index (χ2v) is 9.13. The van der Waals surface area contributed by atoms with Gasteiger partial charge < -0.3 is 10.1 Å². The summed E-state index contributed by atoms with van der Waals surface area (Å²) in [6.07, 6.45) is 1.71. The topological polar surface area (TPSA) is 64.1 Å². The summed E-state index contributed by atoms with van der Waals surface area (Å²) in [5.41, 5.74) is 2.61. The number of aryl methyl sites for hydroxylation is 1. The van der Waals surface area contributed by atoms with Gasteiger partial charge in [0.15, 0.2) is 5.13 Å². The van der Waals surface area contributed by atoms with Crippen molar-refractivity contribution < 1.29 is 9.53 Å². The van der Waals surface area contributed by atoms with Gasteiger partial charge in [0.25, 0.3) is 0 Å². The van der Waals surface area contributed by atoms with E-state index in [9.17, 15) is 4.79 Å². The zero-order chi connectivity index (χ0) is 21.3. The summed E-state index contributed by atoms with van der Waals surface area (Å²) in [5, 5.41) is 4.66. The molecular weight excluding hydrogens is 438 g/mol. The van der Waals surface area contributed by atoms with Gasteiger partial charge in [-0.15, -0.1) is 0 Å². The molecule has 0 bridgehead atoms. The van der Waals surface area contributed by atoms with Gasteiger partial charge in [0.05, 0.1) is 23.2 Å². The lowest BCUT2D eigenvalue weighted by Gasteiger charge is -2.12. The summed E-state index contributed by atoms with van der Waals surface area (Å²) in [5.74, 6) is 0.411. The fraction of sp³-hybridized carbons (Fsp3) is 0.136. The minimum atomic E-state index is -0.161. The third kappa shape index (κ3) is 4.28. The van der Waals surface area contributed by atoms with Crippen LogP contribution in [0.3, 0.4) is 0 Å². The van der Waals surface area contributed by atoms with Crippen molar-refractivity contribution in [3.63, 3.8) is 0 Å². The molecule has 0 saturated heterocycles. The molecule has 2 aromatic heterocycles. The zero-order valence-corrected chi connectivity index (χ0v) is 18.9. The van der Waals surface area contributed by atoms with E-state index in [1.165, 1.54) is 23.8 Å². The van der Waals surface area contributed by atoms with Crippen LogP contribution in [0.15, 0.2) is 58.5 Å². The Bertz CT molecular complexity index is 1240. The van der Waals surface area contributed by atoms with E-state index < -0.39 is 0 Å². The van der Waals surface area contributed by atoms with E-state index in [4.69, 9.17) is 21.3 Å². The van der Waals surface area contributed by atoms with Crippen LogP contribution >= 0.6 is 34.7 Å². The molecule has 4 aromatic rings. The number of ether oxygens (including phenoxy) is 1. The van der Waals surface area contributed by atoms with Gasteiger partial charge in [0, 0.05) is 28.3 Å². The molecule has 4 rings (SSSR count). The lowest BCUT2D eigenvalue weighted by molar-refractivity contribution is -0.114. The molecule has 0 aliphatic carbocycles. The van der Waals surface area contributed by atoms with E-state index in [0.29, 0.717) is 21.4 Å². The standard InChI is InChI=1S/C22H18ClN3O2S2/c1-12-4-6-14(7-5-12)29-18-10-16(19-11-24-22(30-19)25-13(2)27)26-21-15(18)8-9-17(28-3)20(21)23/h4-11H,1-3H3,(H,24,25,27). The number of amides is 1. The number of nitrogens with zero attached hydrogens (tertiary/aromatic N) is 2. The Morgan fingerprint density at radius 3 is 2.67 bits per heavy atom. The lowest BCUT2D eigenvalue weighted by Crippen LogP contribution is -2.04. The van der Waals surface area contributed by atoms with Crippen LogP contribution < -0.4 is 10.1 Å². The molecule has 30 heavy (non-hydrogen) atoms. The van der Waals surface area contributed by atoms with E-state index >= 15 is 0 Å². The van der Waals surface area contributed by atoms with Crippen molar-refractivity contribution in [3.8, 4) is 16.3 Å². The maximum atomic E-state index is 11.3. The normalized spacial score (nSPS) is 10.9. The van der Waals surface area contributed by atoms with Gasteiger partial charge in [-0.05, 0) is 37.3 Å². The van der Waals surface area contributed by atoms with Crippen LogP contribution in [0, 0.1) is 6.92 Å². The number of rotatable bonds is 5. The van der Waals surface area contributed by atoms with Crippen molar-refractivity contribution in [2.24, 2.45) is 0 Å². The highest BCUT2D eigenvalue weighted by molar-refractivity contribution is 7.99. The molecule has 1 amide bonds. The number of hydrogen-bond acceptors (Lipinski definition) is 6. The Hall–Kier alpha value is -2.61. The molecule has 0 unspecified atom stereocenters. The first kappa shape index (κ1) is 20.7. The molecule has 0 saturated carbocycles. The van der Waals surface area contributed by atoms with Crippen LogP contribution in [-0.2, 0) is 4.79 Å². The Morgan fingerprint density at radius 1 is 1.20 bits per heavy atom. The highest BCUT2D eigenvalue weighted by Gasteiger charge is 2.16. The summed E-state index contributed by atoms with van der Waals surface area (Å²) in [7, 11) is 1.59. The van der Waals surface area contributed by atoms with E-state index in [1.807, 2.05) is 18.2 Å². The Labute approximate surface area is 187 Å². The van der Waals surface area contributed by atoms with E-state index in [2.05, 4.69) is 41.5 Å². The summed E-state index contributed by atoms with van der Waals surface area (Å²) in [6.45, 7) is 3.52. The highest BCUT2D eigenvalue weighted by Crippen LogP contribution is 2.41. The molecule has 5 nitrogen and oxygen atoms in total. The van der Waals surface area contributed by atoms with Crippen molar-refractivity contribution in [3.05, 3.63) is 59.2 Å². The Morgan fingerprint density at radius 2 is 1.97 bits per heavy atom. The quantitative estimate of drug-likeness (QED) is 0.375. The van der Waals surface area contributed by atoms with Crippen LogP contribution in [0.5, 0.6) is 5.75 Å². The average Bonchev–Trinajstić information content (AvgIpc) is 3.18. The first-order chi connectivity index (χ1) is 14.4. The third-order valence-electron chi connectivity index (χ3n) is 4.36. The zero-order valence-electron chi connectivity index (χ0n) is 16.5. The lowest BCUT2D eigenvalue weighted by atomic mass is 10.2. The molecule has 8 heteroatoms.